The van der Waals surface area contributed by atoms with Crippen molar-refractivity contribution in [3.63, 3.8) is 0 Å². The molecule has 1 saturated heterocycles. The lowest BCUT2D eigenvalue weighted by Gasteiger charge is -2.24. The van der Waals surface area contributed by atoms with Crippen LogP contribution >= 0.6 is 0 Å². The zero-order chi connectivity index (χ0) is 27.2. The van der Waals surface area contributed by atoms with Crippen molar-refractivity contribution in [3.05, 3.63) is 125 Å². The van der Waals surface area contributed by atoms with Gasteiger partial charge in [-0.2, -0.15) is 0 Å². The molecule has 0 spiro atoms. The Balaban J connectivity index is 1.37. The summed E-state index contributed by atoms with van der Waals surface area (Å²) in [5, 5.41) is 5.73. The molecule has 0 saturated carbocycles. The molecule has 2 atom stereocenters. The van der Waals surface area contributed by atoms with Crippen LogP contribution in [-0.2, 0) is 22.6 Å². The number of aromatic nitrogens is 2. The van der Waals surface area contributed by atoms with E-state index in [4.69, 9.17) is 4.74 Å². The highest BCUT2D eigenvalue weighted by atomic mass is 16.6. The Morgan fingerprint density at radius 2 is 1.82 bits per heavy atom. The molecular weight excluding hydrogens is 494 g/mol. The van der Waals surface area contributed by atoms with Crippen LogP contribution in [-0.4, -0.2) is 38.8 Å². The van der Waals surface area contributed by atoms with Gasteiger partial charge in [0.05, 0.1) is 24.3 Å². The Hall–Kier alpha value is -5.05. The highest BCUT2D eigenvalue weighted by molar-refractivity contribution is 6.04. The quantitative estimate of drug-likeness (QED) is 0.355. The molecule has 0 bridgehead atoms. The summed E-state index contributed by atoms with van der Waals surface area (Å²) in [6, 6.07) is 22.6. The third kappa shape index (κ3) is 6.10. The van der Waals surface area contributed by atoms with Gasteiger partial charge in [-0.3, -0.25) is 24.5 Å². The summed E-state index contributed by atoms with van der Waals surface area (Å²) in [5.74, 6) is -0.641. The molecule has 4 aromatic rings. The maximum absolute atomic E-state index is 13.5. The van der Waals surface area contributed by atoms with E-state index in [0.29, 0.717) is 22.5 Å². The van der Waals surface area contributed by atoms with Crippen LogP contribution in [0, 0.1) is 6.92 Å². The number of anilines is 1. The average molecular weight is 522 g/mol. The summed E-state index contributed by atoms with van der Waals surface area (Å²) >= 11 is 0. The van der Waals surface area contributed by atoms with E-state index >= 15 is 0 Å². The van der Waals surface area contributed by atoms with Gasteiger partial charge in [-0.05, 0) is 54.4 Å². The maximum atomic E-state index is 13.5. The van der Waals surface area contributed by atoms with Crippen molar-refractivity contribution in [3.8, 4) is 0 Å². The van der Waals surface area contributed by atoms with Gasteiger partial charge in [0, 0.05) is 24.3 Å². The summed E-state index contributed by atoms with van der Waals surface area (Å²) in [5.41, 5.74) is 4.27. The summed E-state index contributed by atoms with van der Waals surface area (Å²) in [7, 11) is 0. The van der Waals surface area contributed by atoms with Gasteiger partial charge in [0.1, 0.15) is 0 Å². The first kappa shape index (κ1) is 25.6. The number of carbonyl (C=O) groups is 3. The minimum absolute atomic E-state index is 0.217. The second-order valence-corrected chi connectivity index (χ2v) is 9.22. The third-order valence-electron chi connectivity index (χ3n) is 6.38. The van der Waals surface area contributed by atoms with E-state index in [2.05, 4.69) is 20.6 Å². The zero-order valence-corrected chi connectivity index (χ0v) is 21.3. The fourth-order valence-corrected chi connectivity index (χ4v) is 4.46. The number of nitrogens with zero attached hydrogens (tertiary/aromatic N) is 3. The number of nitrogens with one attached hydrogen (secondary N) is 2. The largest absolute Gasteiger partial charge is 0.438 e. The molecule has 3 heterocycles. The smallest absolute Gasteiger partial charge is 0.411 e. The fraction of sp³-hybridized carbons (Fsp3) is 0.167. The van der Waals surface area contributed by atoms with Crippen LogP contribution in [0.5, 0.6) is 0 Å². The molecule has 39 heavy (non-hydrogen) atoms. The van der Waals surface area contributed by atoms with Crippen molar-refractivity contribution < 1.29 is 19.1 Å². The molecule has 0 radical (unpaired) electrons. The van der Waals surface area contributed by atoms with Crippen LogP contribution in [0.2, 0.25) is 0 Å². The highest BCUT2D eigenvalue weighted by Gasteiger charge is 2.47. The van der Waals surface area contributed by atoms with Crippen molar-refractivity contribution in [2.75, 3.05) is 5.32 Å². The molecule has 3 amide bonds. The topological polar surface area (TPSA) is 114 Å². The fourth-order valence-electron chi connectivity index (χ4n) is 4.46. The third-order valence-corrected chi connectivity index (χ3v) is 6.38. The van der Waals surface area contributed by atoms with E-state index in [-0.39, 0.29) is 24.9 Å². The number of aryl methyl sites for hydroxylation is 1. The van der Waals surface area contributed by atoms with Crippen LogP contribution in [0.4, 0.5) is 10.5 Å². The second kappa shape index (κ2) is 11.6. The van der Waals surface area contributed by atoms with Gasteiger partial charge in [0.15, 0.2) is 12.1 Å². The first-order valence-corrected chi connectivity index (χ1v) is 12.5. The lowest BCUT2D eigenvalue weighted by atomic mass is 10.00. The van der Waals surface area contributed by atoms with Gasteiger partial charge in [-0.25, -0.2) is 4.79 Å². The van der Waals surface area contributed by atoms with E-state index in [1.165, 1.54) is 11.1 Å². The predicted octanol–water partition coefficient (Wildman–Crippen LogP) is 4.42. The van der Waals surface area contributed by atoms with Crippen molar-refractivity contribution >= 4 is 23.6 Å². The van der Waals surface area contributed by atoms with E-state index in [1.807, 2.05) is 43.3 Å². The average Bonchev–Trinajstić information content (AvgIpc) is 3.28. The van der Waals surface area contributed by atoms with Crippen molar-refractivity contribution in [1.29, 1.82) is 0 Å². The standard InChI is InChI=1S/C30H27N5O4/c1-20-6-4-7-21(16-20)19-35-26(29(37)33-18-25-9-2-3-15-32-25)27(39-30(35)38)22-10-12-24(13-11-22)34-28(36)23-8-5-14-31-17-23/h2-17,26-27H,18-19H2,1H3,(H,33,37)(H,34,36)/t26-,27+/m1/s1. The number of hydrogen-bond acceptors (Lipinski definition) is 6. The Morgan fingerprint density at radius 1 is 0.974 bits per heavy atom. The Bertz CT molecular complexity index is 1460. The lowest BCUT2D eigenvalue weighted by Crippen LogP contribution is -2.46. The normalized spacial score (nSPS) is 16.4. The molecule has 5 rings (SSSR count). The predicted molar refractivity (Wildman–Crippen MR) is 144 cm³/mol. The van der Waals surface area contributed by atoms with E-state index < -0.39 is 18.2 Å². The SMILES string of the molecule is Cc1cccc(CN2C(=O)O[C@@H](c3ccc(NC(=O)c4cccnc4)cc3)[C@@H]2C(=O)NCc2ccccn2)c1. The van der Waals surface area contributed by atoms with Crippen molar-refractivity contribution in [2.45, 2.75) is 32.2 Å². The van der Waals surface area contributed by atoms with Crippen LogP contribution in [0.1, 0.15) is 38.8 Å². The number of rotatable bonds is 8. The number of amides is 3. The van der Waals surface area contributed by atoms with Gasteiger partial charge >= 0.3 is 6.09 Å². The number of hydrogen-bond donors (Lipinski definition) is 2. The van der Waals surface area contributed by atoms with E-state index in [0.717, 1.165) is 11.1 Å². The Labute approximate surface area is 225 Å². The molecule has 196 valence electrons. The number of ether oxygens (including phenoxy) is 1. The molecule has 9 nitrogen and oxygen atoms in total. The molecule has 1 fully saturated rings. The zero-order valence-electron chi connectivity index (χ0n) is 21.3. The van der Waals surface area contributed by atoms with Gasteiger partial charge in [0.25, 0.3) is 5.91 Å². The van der Waals surface area contributed by atoms with Crippen LogP contribution in [0.25, 0.3) is 0 Å². The first-order chi connectivity index (χ1) is 19.0. The van der Waals surface area contributed by atoms with Crippen molar-refractivity contribution in [2.24, 2.45) is 0 Å². The van der Waals surface area contributed by atoms with Gasteiger partial charge in [-0.1, -0.05) is 48.0 Å². The molecule has 2 N–H and O–H groups in total. The van der Waals surface area contributed by atoms with Crippen LogP contribution in [0.15, 0.2) is 97.5 Å². The van der Waals surface area contributed by atoms with Gasteiger partial charge < -0.3 is 15.4 Å². The van der Waals surface area contributed by atoms with Gasteiger partial charge in [0.2, 0.25) is 5.91 Å². The summed E-state index contributed by atoms with van der Waals surface area (Å²) < 4.78 is 5.75. The molecule has 0 unspecified atom stereocenters. The molecule has 2 aromatic heterocycles. The minimum atomic E-state index is -0.905. The number of cyclic esters (lactones) is 1. The highest BCUT2D eigenvalue weighted by Crippen LogP contribution is 2.34. The molecule has 0 aliphatic carbocycles. The number of carbonyl (C=O) groups excluding carboxylic acids is 3. The van der Waals surface area contributed by atoms with Crippen LogP contribution < -0.4 is 10.6 Å². The Morgan fingerprint density at radius 3 is 2.54 bits per heavy atom. The minimum Gasteiger partial charge on any atom is -0.438 e. The van der Waals surface area contributed by atoms with E-state index in [1.54, 1.807) is 54.9 Å². The molecule has 1 aliphatic heterocycles. The molecule has 1 aliphatic rings. The van der Waals surface area contributed by atoms with Crippen LogP contribution in [0.3, 0.4) is 0 Å². The summed E-state index contributed by atoms with van der Waals surface area (Å²) in [4.78, 5) is 48.7. The molecule has 9 heteroatoms. The number of pyridine rings is 2. The lowest BCUT2D eigenvalue weighted by molar-refractivity contribution is -0.126. The Kier molecular flexibility index (Phi) is 7.58. The second-order valence-electron chi connectivity index (χ2n) is 9.22. The maximum Gasteiger partial charge on any atom is 0.411 e. The first-order valence-electron chi connectivity index (χ1n) is 12.5. The van der Waals surface area contributed by atoms with Gasteiger partial charge in [-0.15, -0.1) is 0 Å². The number of benzene rings is 2. The van der Waals surface area contributed by atoms with E-state index in [9.17, 15) is 14.4 Å². The van der Waals surface area contributed by atoms with Crippen molar-refractivity contribution in [1.82, 2.24) is 20.2 Å². The monoisotopic (exact) mass is 521 g/mol. The summed E-state index contributed by atoms with van der Waals surface area (Å²) in [6.07, 6.45) is 3.33. The summed E-state index contributed by atoms with van der Waals surface area (Å²) in [6.45, 7) is 2.41. The molecule has 2 aromatic carbocycles. The molecular formula is C30H27N5O4.